The van der Waals surface area contributed by atoms with Gasteiger partial charge in [0.05, 0.1) is 18.8 Å². The van der Waals surface area contributed by atoms with Crippen LogP contribution in [0.25, 0.3) is 0 Å². The lowest BCUT2D eigenvalue weighted by Gasteiger charge is -2.15. The molecular weight excluding hydrogens is 354 g/mol. The first kappa shape index (κ1) is 23.4. The second kappa shape index (κ2) is 16.0. The highest BCUT2D eigenvalue weighted by atomic mass is 16.5. The van der Waals surface area contributed by atoms with Crippen molar-refractivity contribution in [2.45, 2.75) is 89.8 Å². The topological polar surface area (TPSA) is 64.1 Å². The van der Waals surface area contributed by atoms with E-state index in [0.29, 0.717) is 12.2 Å². The fourth-order valence-corrected chi connectivity index (χ4v) is 3.78. The zero-order valence-electron chi connectivity index (χ0n) is 18.1. The summed E-state index contributed by atoms with van der Waals surface area (Å²) in [7, 11) is 0. The predicted molar refractivity (Wildman–Crippen MR) is 115 cm³/mol. The fourth-order valence-electron chi connectivity index (χ4n) is 3.78. The quantitative estimate of drug-likeness (QED) is 0.215. The number of aliphatic imine (C=N–C) groups is 1. The van der Waals surface area contributed by atoms with Crippen molar-refractivity contribution >= 4 is 5.96 Å². The average Bonchev–Trinajstić information content (AvgIpc) is 3.09. The van der Waals surface area contributed by atoms with Gasteiger partial charge in [0.15, 0.2) is 5.96 Å². The summed E-state index contributed by atoms with van der Waals surface area (Å²) >= 11 is 0. The van der Waals surface area contributed by atoms with Crippen molar-refractivity contribution in [2.75, 3.05) is 46.1 Å². The summed E-state index contributed by atoms with van der Waals surface area (Å²) in [6.45, 7) is 7.96. The summed E-state index contributed by atoms with van der Waals surface area (Å²) < 4.78 is 17.3. The predicted octanol–water partition coefficient (Wildman–Crippen LogP) is 3.65. The molecule has 164 valence electrons. The molecule has 1 heterocycles. The molecule has 6 heteroatoms. The van der Waals surface area contributed by atoms with Gasteiger partial charge in [-0.05, 0) is 51.9 Å². The normalized spacial score (nSPS) is 21.6. The zero-order chi connectivity index (χ0) is 19.7. The molecule has 2 N–H and O–H groups in total. The lowest BCUT2D eigenvalue weighted by atomic mass is 10.1. The molecule has 0 aromatic carbocycles. The van der Waals surface area contributed by atoms with E-state index in [1.165, 1.54) is 44.9 Å². The minimum atomic E-state index is 0.314. The van der Waals surface area contributed by atoms with E-state index >= 15 is 0 Å². The molecule has 0 radical (unpaired) electrons. The Morgan fingerprint density at radius 2 is 1.82 bits per heavy atom. The maximum atomic E-state index is 6.06. The van der Waals surface area contributed by atoms with Crippen LogP contribution in [0, 0.1) is 0 Å². The van der Waals surface area contributed by atoms with Gasteiger partial charge in [-0.1, -0.05) is 25.7 Å². The third kappa shape index (κ3) is 11.2. The molecule has 0 aromatic heterocycles. The van der Waals surface area contributed by atoms with Crippen LogP contribution < -0.4 is 10.6 Å². The first-order chi connectivity index (χ1) is 13.9. The molecule has 1 saturated carbocycles. The van der Waals surface area contributed by atoms with Crippen molar-refractivity contribution in [3.63, 3.8) is 0 Å². The lowest BCUT2D eigenvalue weighted by Crippen LogP contribution is -2.38. The third-order valence-corrected chi connectivity index (χ3v) is 5.41. The maximum absolute atomic E-state index is 6.06. The molecule has 1 atom stereocenters. The Labute approximate surface area is 172 Å². The third-order valence-electron chi connectivity index (χ3n) is 5.41. The van der Waals surface area contributed by atoms with Gasteiger partial charge in [-0.25, -0.2) is 0 Å². The molecule has 1 aliphatic heterocycles. The highest BCUT2D eigenvalue weighted by Crippen LogP contribution is 2.19. The molecule has 28 heavy (non-hydrogen) atoms. The number of unbranched alkanes of at least 4 members (excludes halogenated alkanes) is 1. The Kier molecular flexibility index (Phi) is 13.4. The van der Waals surface area contributed by atoms with E-state index in [1.54, 1.807) is 0 Å². The Hall–Kier alpha value is -0.850. The zero-order valence-corrected chi connectivity index (χ0v) is 18.1. The lowest BCUT2D eigenvalue weighted by molar-refractivity contribution is 0.0171. The largest absolute Gasteiger partial charge is 0.379 e. The number of ether oxygens (including phenoxy) is 3. The number of hydrogen-bond donors (Lipinski definition) is 2. The summed E-state index contributed by atoms with van der Waals surface area (Å²) in [6.07, 6.45) is 14.3. The number of guanidine groups is 1. The van der Waals surface area contributed by atoms with E-state index in [4.69, 9.17) is 14.2 Å². The molecule has 0 amide bonds. The highest BCUT2D eigenvalue weighted by Gasteiger charge is 2.15. The van der Waals surface area contributed by atoms with Crippen LogP contribution in [0.4, 0.5) is 0 Å². The highest BCUT2D eigenvalue weighted by molar-refractivity contribution is 5.79. The molecule has 0 bridgehead atoms. The minimum absolute atomic E-state index is 0.314. The van der Waals surface area contributed by atoms with Gasteiger partial charge < -0.3 is 24.8 Å². The molecule has 2 fully saturated rings. The van der Waals surface area contributed by atoms with Gasteiger partial charge in [0.25, 0.3) is 0 Å². The van der Waals surface area contributed by atoms with Gasteiger partial charge in [0.2, 0.25) is 0 Å². The van der Waals surface area contributed by atoms with E-state index in [-0.39, 0.29) is 0 Å². The van der Waals surface area contributed by atoms with Crippen molar-refractivity contribution in [3.8, 4) is 0 Å². The average molecular weight is 398 g/mol. The molecule has 6 nitrogen and oxygen atoms in total. The van der Waals surface area contributed by atoms with Crippen LogP contribution in [-0.4, -0.2) is 64.2 Å². The second-order valence-electron chi connectivity index (χ2n) is 7.94. The van der Waals surface area contributed by atoms with Crippen LogP contribution in [0.1, 0.15) is 77.6 Å². The number of nitrogens with one attached hydrogen (secondary N) is 2. The summed E-state index contributed by atoms with van der Waals surface area (Å²) in [5, 5.41) is 6.74. The van der Waals surface area contributed by atoms with E-state index in [1.807, 2.05) is 0 Å². The van der Waals surface area contributed by atoms with Gasteiger partial charge in [0.1, 0.15) is 0 Å². The standard InChI is InChI=1S/C22H43N3O3/c1-2-23-22(25-15-10-16-26-19-21-13-9-18-28-21)24-14-7-8-17-27-20-11-5-3-4-6-12-20/h20-21H,2-19H2,1H3,(H2,23,24,25). The minimum Gasteiger partial charge on any atom is -0.379 e. The smallest absolute Gasteiger partial charge is 0.191 e. The van der Waals surface area contributed by atoms with Crippen molar-refractivity contribution in [1.29, 1.82) is 0 Å². The Bertz CT molecular complexity index is 392. The molecule has 2 rings (SSSR count). The molecule has 0 aromatic rings. The number of rotatable bonds is 13. The van der Waals surface area contributed by atoms with Crippen LogP contribution in [0.2, 0.25) is 0 Å². The van der Waals surface area contributed by atoms with Crippen molar-refractivity contribution < 1.29 is 14.2 Å². The van der Waals surface area contributed by atoms with E-state index in [9.17, 15) is 0 Å². The fraction of sp³-hybridized carbons (Fsp3) is 0.955. The molecule has 0 spiro atoms. The Morgan fingerprint density at radius 3 is 2.57 bits per heavy atom. The first-order valence-corrected chi connectivity index (χ1v) is 11.7. The van der Waals surface area contributed by atoms with Crippen LogP contribution >= 0.6 is 0 Å². The Balaban J connectivity index is 1.45. The summed E-state index contributed by atoms with van der Waals surface area (Å²) in [6, 6.07) is 0. The monoisotopic (exact) mass is 397 g/mol. The first-order valence-electron chi connectivity index (χ1n) is 11.7. The van der Waals surface area contributed by atoms with Crippen molar-refractivity contribution in [2.24, 2.45) is 4.99 Å². The number of hydrogen-bond acceptors (Lipinski definition) is 4. The molecule has 1 saturated heterocycles. The number of nitrogens with zero attached hydrogens (tertiary/aromatic N) is 1. The van der Waals surface area contributed by atoms with Gasteiger partial charge in [0, 0.05) is 39.5 Å². The summed E-state index contributed by atoms with van der Waals surface area (Å²) in [5.41, 5.74) is 0. The summed E-state index contributed by atoms with van der Waals surface area (Å²) in [5.74, 6) is 0.909. The van der Waals surface area contributed by atoms with Gasteiger partial charge >= 0.3 is 0 Å². The second-order valence-corrected chi connectivity index (χ2v) is 7.94. The van der Waals surface area contributed by atoms with Crippen molar-refractivity contribution in [1.82, 2.24) is 10.6 Å². The summed E-state index contributed by atoms with van der Waals surface area (Å²) in [4.78, 5) is 4.64. The SMILES string of the molecule is CCNC(=NCCCOCC1CCCO1)NCCCCOC1CCCCCC1. The van der Waals surface area contributed by atoms with Gasteiger partial charge in [-0.2, -0.15) is 0 Å². The van der Waals surface area contributed by atoms with Crippen LogP contribution in [0.15, 0.2) is 4.99 Å². The maximum Gasteiger partial charge on any atom is 0.191 e. The van der Waals surface area contributed by atoms with E-state index in [2.05, 4.69) is 22.5 Å². The molecular formula is C22H43N3O3. The van der Waals surface area contributed by atoms with Crippen molar-refractivity contribution in [3.05, 3.63) is 0 Å². The van der Waals surface area contributed by atoms with Gasteiger partial charge in [-0.15, -0.1) is 0 Å². The van der Waals surface area contributed by atoms with Crippen LogP contribution in [0.5, 0.6) is 0 Å². The van der Waals surface area contributed by atoms with Crippen LogP contribution in [0.3, 0.4) is 0 Å². The van der Waals surface area contributed by atoms with E-state index < -0.39 is 0 Å². The molecule has 1 aliphatic carbocycles. The van der Waals surface area contributed by atoms with Gasteiger partial charge in [-0.3, -0.25) is 4.99 Å². The molecule has 1 unspecified atom stereocenters. The molecule has 2 aliphatic rings. The Morgan fingerprint density at radius 1 is 0.964 bits per heavy atom. The van der Waals surface area contributed by atoms with Crippen LogP contribution in [-0.2, 0) is 14.2 Å². The van der Waals surface area contributed by atoms with E-state index in [0.717, 1.165) is 77.7 Å².